The summed E-state index contributed by atoms with van der Waals surface area (Å²) in [6, 6.07) is 11.1. The molecule has 3 rings (SSSR count). The summed E-state index contributed by atoms with van der Waals surface area (Å²) in [6.45, 7) is 4.43. The molecule has 0 atom stereocenters. The number of hydrogen-bond donors (Lipinski definition) is 0. The summed E-state index contributed by atoms with van der Waals surface area (Å²) < 4.78 is 12.7. The van der Waals surface area contributed by atoms with Gasteiger partial charge in [-0.3, -0.25) is 9.69 Å². The molecule has 0 bridgehead atoms. The Labute approximate surface area is 192 Å². The van der Waals surface area contributed by atoms with Crippen molar-refractivity contribution in [3.63, 3.8) is 0 Å². The van der Waals surface area contributed by atoms with E-state index in [0.717, 1.165) is 15.6 Å². The first-order valence-corrected chi connectivity index (χ1v) is 10.9. The summed E-state index contributed by atoms with van der Waals surface area (Å²) in [6.07, 6.45) is 3.44. The van der Waals surface area contributed by atoms with Crippen molar-refractivity contribution in [2.45, 2.75) is 6.61 Å². The van der Waals surface area contributed by atoms with Crippen LogP contribution in [0.2, 0.25) is 5.02 Å². The Bertz CT molecular complexity index is 992. The van der Waals surface area contributed by atoms with Gasteiger partial charge in [-0.2, -0.15) is 0 Å². The number of nitrogens with zero attached hydrogens (tertiary/aromatic N) is 1. The van der Waals surface area contributed by atoms with Crippen LogP contribution in [0.15, 0.2) is 58.4 Å². The highest BCUT2D eigenvalue weighted by molar-refractivity contribution is 9.10. The normalized spacial score (nSPS) is 15.1. The zero-order valence-corrected chi connectivity index (χ0v) is 19.5. The van der Waals surface area contributed by atoms with Crippen molar-refractivity contribution in [3.8, 4) is 11.5 Å². The Hall–Kier alpha value is -1.80. The Morgan fingerprint density at radius 3 is 2.69 bits per heavy atom. The number of thioether (sulfide) groups is 1. The number of halogens is 2. The average Bonchev–Trinajstić information content (AvgIpc) is 2.96. The molecule has 2 aromatic carbocycles. The van der Waals surface area contributed by atoms with Gasteiger partial charge in [0.15, 0.2) is 11.5 Å². The third-order valence-electron chi connectivity index (χ3n) is 4.03. The summed E-state index contributed by atoms with van der Waals surface area (Å²) in [5.41, 5.74) is 1.78. The summed E-state index contributed by atoms with van der Waals surface area (Å²) >= 11 is 16.0. The lowest BCUT2D eigenvalue weighted by atomic mass is 10.1. The van der Waals surface area contributed by atoms with Crippen LogP contribution >= 0.6 is 51.5 Å². The van der Waals surface area contributed by atoms with Crippen molar-refractivity contribution < 1.29 is 14.3 Å². The quantitative estimate of drug-likeness (QED) is 0.256. The molecule has 0 radical (unpaired) electrons. The molecule has 150 valence electrons. The number of amides is 1. The van der Waals surface area contributed by atoms with Crippen LogP contribution < -0.4 is 9.47 Å². The first-order chi connectivity index (χ1) is 13.9. The van der Waals surface area contributed by atoms with Crippen molar-refractivity contribution in [1.82, 2.24) is 4.90 Å². The number of carbonyl (C=O) groups is 1. The number of hydrogen-bond acceptors (Lipinski definition) is 5. The van der Waals surface area contributed by atoms with Gasteiger partial charge in [0.2, 0.25) is 0 Å². The Balaban J connectivity index is 1.83. The lowest BCUT2D eigenvalue weighted by Crippen LogP contribution is -2.27. The molecule has 1 amide bonds. The van der Waals surface area contributed by atoms with E-state index in [1.165, 1.54) is 16.7 Å². The number of benzene rings is 2. The van der Waals surface area contributed by atoms with Crippen LogP contribution in [-0.4, -0.2) is 28.8 Å². The van der Waals surface area contributed by atoms with Gasteiger partial charge in [-0.05, 0) is 57.4 Å². The second-order valence-corrected chi connectivity index (χ2v) is 9.00. The van der Waals surface area contributed by atoms with Crippen molar-refractivity contribution in [2.75, 3.05) is 13.7 Å². The van der Waals surface area contributed by atoms with E-state index < -0.39 is 0 Å². The van der Waals surface area contributed by atoms with Crippen LogP contribution in [-0.2, 0) is 11.4 Å². The molecule has 1 heterocycles. The van der Waals surface area contributed by atoms with Gasteiger partial charge in [-0.1, -0.05) is 53.8 Å². The summed E-state index contributed by atoms with van der Waals surface area (Å²) in [5, 5.41) is 0.676. The van der Waals surface area contributed by atoms with Gasteiger partial charge < -0.3 is 9.47 Å². The van der Waals surface area contributed by atoms with Crippen molar-refractivity contribution in [3.05, 3.63) is 74.6 Å². The van der Waals surface area contributed by atoms with Crippen LogP contribution in [0.3, 0.4) is 0 Å². The molecule has 2 aromatic rings. The summed E-state index contributed by atoms with van der Waals surface area (Å²) in [5.74, 6) is 1.01. The van der Waals surface area contributed by atoms with E-state index in [-0.39, 0.29) is 5.91 Å². The summed E-state index contributed by atoms with van der Waals surface area (Å²) in [4.78, 5) is 14.6. The number of ether oxygens (including phenoxy) is 2. The van der Waals surface area contributed by atoms with Crippen molar-refractivity contribution in [1.29, 1.82) is 0 Å². The van der Waals surface area contributed by atoms with Gasteiger partial charge in [0.25, 0.3) is 5.91 Å². The highest BCUT2D eigenvalue weighted by Gasteiger charge is 2.31. The van der Waals surface area contributed by atoms with Gasteiger partial charge in [-0.15, -0.1) is 6.58 Å². The van der Waals surface area contributed by atoms with Crippen LogP contribution in [0.5, 0.6) is 11.5 Å². The van der Waals surface area contributed by atoms with Gasteiger partial charge in [0.1, 0.15) is 10.9 Å². The van der Waals surface area contributed by atoms with Crippen molar-refractivity contribution in [2.24, 2.45) is 0 Å². The van der Waals surface area contributed by atoms with E-state index in [0.29, 0.717) is 38.9 Å². The van der Waals surface area contributed by atoms with E-state index in [1.54, 1.807) is 19.3 Å². The molecule has 1 aliphatic heterocycles. The van der Waals surface area contributed by atoms with Gasteiger partial charge in [0.05, 0.1) is 16.5 Å². The fourth-order valence-corrected chi connectivity index (χ4v) is 4.61. The molecule has 0 saturated carbocycles. The smallest absolute Gasteiger partial charge is 0.266 e. The lowest BCUT2D eigenvalue weighted by molar-refractivity contribution is -0.121. The number of methoxy groups -OCH3 is 1. The SMILES string of the molecule is C=CCN1C(=O)/C(=C/c2cc(Br)c(OCc3ccc(Cl)cc3)c(OC)c2)SC1=S. The Kier molecular flexibility index (Phi) is 7.40. The molecule has 8 heteroatoms. The zero-order valence-electron chi connectivity index (χ0n) is 15.5. The highest BCUT2D eigenvalue weighted by Crippen LogP contribution is 2.39. The molecule has 0 aliphatic carbocycles. The monoisotopic (exact) mass is 509 g/mol. The molecular weight excluding hydrogens is 494 g/mol. The second kappa shape index (κ2) is 9.80. The van der Waals surface area contributed by atoms with Gasteiger partial charge >= 0.3 is 0 Å². The molecule has 1 aliphatic rings. The fraction of sp³-hybridized carbons (Fsp3) is 0.143. The second-order valence-electron chi connectivity index (χ2n) is 6.03. The molecule has 0 N–H and O–H groups in total. The maximum atomic E-state index is 12.5. The molecule has 1 fully saturated rings. The van der Waals surface area contributed by atoms with E-state index >= 15 is 0 Å². The van der Waals surface area contributed by atoms with Crippen LogP contribution in [0.25, 0.3) is 6.08 Å². The molecule has 0 aromatic heterocycles. The molecule has 1 saturated heterocycles. The van der Waals surface area contributed by atoms with Crippen LogP contribution in [0.1, 0.15) is 11.1 Å². The number of rotatable bonds is 7. The molecular formula is C21H17BrClNO3S2. The standard InChI is InChI=1S/C21H17BrClNO3S2/c1-3-8-24-20(25)18(29-21(24)28)11-14-9-16(22)19(17(10-14)26-2)27-12-13-4-6-15(23)7-5-13/h3-7,9-11H,1,8,12H2,2H3/b18-11-. The van der Waals surface area contributed by atoms with Gasteiger partial charge in [-0.25, -0.2) is 0 Å². The third-order valence-corrected chi connectivity index (χ3v) is 6.25. The van der Waals surface area contributed by atoms with E-state index in [1.807, 2.05) is 36.4 Å². The predicted molar refractivity (Wildman–Crippen MR) is 127 cm³/mol. The molecule has 0 unspecified atom stereocenters. The Morgan fingerprint density at radius 2 is 2.03 bits per heavy atom. The molecule has 0 spiro atoms. The first-order valence-electron chi connectivity index (χ1n) is 8.54. The average molecular weight is 511 g/mol. The largest absolute Gasteiger partial charge is 0.493 e. The highest BCUT2D eigenvalue weighted by atomic mass is 79.9. The van der Waals surface area contributed by atoms with E-state index in [2.05, 4.69) is 22.5 Å². The minimum absolute atomic E-state index is 0.127. The minimum Gasteiger partial charge on any atom is -0.493 e. The van der Waals surface area contributed by atoms with Crippen molar-refractivity contribution >= 4 is 67.8 Å². The van der Waals surface area contributed by atoms with E-state index in [9.17, 15) is 4.79 Å². The maximum absolute atomic E-state index is 12.5. The summed E-state index contributed by atoms with van der Waals surface area (Å²) in [7, 11) is 1.57. The predicted octanol–water partition coefficient (Wildman–Crippen LogP) is 6.08. The Morgan fingerprint density at radius 1 is 1.31 bits per heavy atom. The number of thiocarbonyl (C=S) groups is 1. The topological polar surface area (TPSA) is 38.8 Å². The fourth-order valence-electron chi connectivity index (χ4n) is 2.64. The lowest BCUT2D eigenvalue weighted by Gasteiger charge is -2.14. The van der Waals surface area contributed by atoms with Crippen LogP contribution in [0.4, 0.5) is 0 Å². The molecule has 4 nitrogen and oxygen atoms in total. The maximum Gasteiger partial charge on any atom is 0.266 e. The molecule has 29 heavy (non-hydrogen) atoms. The van der Waals surface area contributed by atoms with Gasteiger partial charge in [0, 0.05) is 11.6 Å². The zero-order chi connectivity index (χ0) is 21.0. The third kappa shape index (κ3) is 5.22. The first kappa shape index (κ1) is 21.9. The minimum atomic E-state index is -0.127. The number of carbonyl (C=O) groups excluding carboxylic acids is 1. The van der Waals surface area contributed by atoms with Crippen LogP contribution in [0, 0.1) is 0 Å². The van der Waals surface area contributed by atoms with E-state index in [4.69, 9.17) is 33.3 Å².